The maximum atomic E-state index is 14.0. The van der Waals surface area contributed by atoms with E-state index >= 15 is 0 Å². The zero-order valence-corrected chi connectivity index (χ0v) is 35.2. The van der Waals surface area contributed by atoms with E-state index in [0.29, 0.717) is 36.4 Å². The van der Waals surface area contributed by atoms with Crippen molar-refractivity contribution in [1.82, 2.24) is 0 Å². The number of fused-ring (bicyclic) bond motifs is 1. The van der Waals surface area contributed by atoms with Crippen LogP contribution < -0.4 is 16.4 Å². The van der Waals surface area contributed by atoms with Gasteiger partial charge in [0.1, 0.15) is 71.3 Å². The third-order valence-corrected chi connectivity index (χ3v) is 12.3. The van der Waals surface area contributed by atoms with Crippen LogP contribution in [0.4, 0.5) is 71.3 Å². The highest BCUT2D eigenvalue weighted by atomic mass is 32.3. The molecule has 0 radical (unpaired) electrons. The SMILES string of the molecule is Nc1c(N=Nc2cc(Nc3cc(F)ccc3[N+](=O)[O-])ccc2S(=O)(=O)O)c(S(O)(O)O)cc2cc(S(=O)(=O)O)c(N=Nc3cc(Nc4cc(F)ccc4[N+](=O)[O-])ccc3S(=O)(=O)O)c(O)c12. The first-order valence-corrected chi connectivity index (χ1v) is 23.0. The van der Waals surface area contributed by atoms with Gasteiger partial charge in [0.2, 0.25) is 0 Å². The van der Waals surface area contributed by atoms with Crippen LogP contribution in [0.5, 0.6) is 5.75 Å². The third kappa shape index (κ3) is 10.3. The molecule has 6 aromatic rings. The summed E-state index contributed by atoms with van der Waals surface area (Å²) in [6.45, 7) is 0. The molecule has 0 unspecified atom stereocenters. The predicted molar refractivity (Wildman–Crippen MR) is 227 cm³/mol. The Hall–Kier alpha value is -7.40. The lowest BCUT2D eigenvalue weighted by Gasteiger charge is -2.23. The monoisotopic (exact) mass is 997 g/mol. The fraction of sp³-hybridized carbons (Fsp3) is 0. The minimum Gasteiger partial charge on any atom is -0.505 e. The molecule has 6 aromatic carbocycles. The fourth-order valence-electron chi connectivity index (χ4n) is 5.95. The molecule has 0 aliphatic carbocycles. The molecule has 26 nitrogen and oxygen atoms in total. The second kappa shape index (κ2) is 17.5. The number of anilines is 5. The van der Waals surface area contributed by atoms with Crippen LogP contribution >= 0.6 is 10.9 Å². The van der Waals surface area contributed by atoms with Gasteiger partial charge in [-0.05, 0) is 66.0 Å². The van der Waals surface area contributed by atoms with Crippen LogP contribution in [0.15, 0.2) is 125 Å². The number of hydrogen-bond acceptors (Lipinski definition) is 21. The predicted octanol–water partition coefficient (Wildman–Crippen LogP) is 8.86. The first-order valence-electron chi connectivity index (χ1n) is 17.1. The molecular formula is C34H25F2N9O17S4. The van der Waals surface area contributed by atoms with Crippen molar-refractivity contribution in [2.75, 3.05) is 16.4 Å². The average Bonchev–Trinajstić information content (AvgIpc) is 3.18. The molecular weight excluding hydrogens is 973 g/mol. The number of azo groups is 2. The van der Waals surface area contributed by atoms with Gasteiger partial charge in [-0.3, -0.25) is 33.9 Å². The zero-order chi connectivity index (χ0) is 48.8. The molecule has 0 aromatic heterocycles. The Labute approximate surface area is 368 Å². The van der Waals surface area contributed by atoms with Crippen LogP contribution in [-0.4, -0.2) is 67.5 Å². The van der Waals surface area contributed by atoms with E-state index in [2.05, 4.69) is 31.1 Å². The van der Waals surface area contributed by atoms with E-state index in [-0.39, 0.29) is 11.4 Å². The molecule has 0 heterocycles. The number of nitro benzene ring substituents is 2. The fourth-order valence-corrected chi connectivity index (χ4v) is 8.51. The van der Waals surface area contributed by atoms with Crippen molar-refractivity contribution in [2.24, 2.45) is 20.5 Å². The van der Waals surface area contributed by atoms with Crippen molar-refractivity contribution < 1.29 is 76.3 Å². The molecule has 0 spiro atoms. The molecule has 0 saturated carbocycles. The van der Waals surface area contributed by atoms with E-state index in [4.69, 9.17) is 5.73 Å². The van der Waals surface area contributed by atoms with Gasteiger partial charge in [-0.1, -0.05) is 0 Å². The van der Waals surface area contributed by atoms with Gasteiger partial charge in [0.15, 0.2) is 5.75 Å². The number of hydrogen-bond donors (Lipinski definition) is 10. The van der Waals surface area contributed by atoms with Crippen LogP contribution in [0, 0.1) is 31.9 Å². The lowest BCUT2D eigenvalue weighted by molar-refractivity contribution is -0.384. The quantitative estimate of drug-likeness (QED) is 0.0160. The molecule has 0 saturated heterocycles. The van der Waals surface area contributed by atoms with Gasteiger partial charge in [0.05, 0.1) is 25.8 Å². The minimum absolute atomic E-state index is 0.248. The van der Waals surface area contributed by atoms with Gasteiger partial charge in [0, 0.05) is 35.6 Å². The lowest BCUT2D eigenvalue weighted by Crippen LogP contribution is -2.03. The first kappa shape index (κ1) is 48.1. The number of halogens is 2. The number of rotatable bonds is 14. The number of aromatic hydroxyl groups is 1. The van der Waals surface area contributed by atoms with Crippen LogP contribution in [-0.2, 0) is 30.4 Å². The Morgan fingerprint density at radius 2 is 0.955 bits per heavy atom. The Kier molecular flexibility index (Phi) is 12.8. The van der Waals surface area contributed by atoms with E-state index < -0.39 is 150 Å². The van der Waals surface area contributed by atoms with Gasteiger partial charge in [0.25, 0.3) is 41.7 Å². The Bertz CT molecular complexity index is 3470. The summed E-state index contributed by atoms with van der Waals surface area (Å²) in [6.07, 6.45) is 0. The van der Waals surface area contributed by atoms with Crippen molar-refractivity contribution in [3.63, 3.8) is 0 Å². The van der Waals surface area contributed by atoms with Crippen LogP contribution in [0.3, 0.4) is 0 Å². The zero-order valence-electron chi connectivity index (χ0n) is 31.9. The van der Waals surface area contributed by atoms with Crippen LogP contribution in [0.25, 0.3) is 10.8 Å². The van der Waals surface area contributed by atoms with E-state index in [1.54, 1.807) is 0 Å². The molecule has 66 heavy (non-hydrogen) atoms. The number of phenols is 1. The lowest BCUT2D eigenvalue weighted by atomic mass is 10.1. The highest BCUT2D eigenvalue weighted by molar-refractivity contribution is 8.19. The molecule has 6 rings (SSSR count). The summed E-state index contributed by atoms with van der Waals surface area (Å²) in [6, 6.07) is 10.5. The number of nitrogens with zero attached hydrogens (tertiary/aromatic N) is 6. The largest absolute Gasteiger partial charge is 0.505 e. The number of nitro groups is 2. The summed E-state index contributed by atoms with van der Waals surface area (Å²) >= 11 is 0. The van der Waals surface area contributed by atoms with Crippen molar-refractivity contribution >= 4 is 115 Å². The maximum absolute atomic E-state index is 14.0. The second-order valence-corrected chi connectivity index (χ2v) is 18.8. The molecule has 11 N–H and O–H groups in total. The van der Waals surface area contributed by atoms with E-state index in [1.807, 2.05) is 0 Å². The molecule has 0 aliphatic rings. The summed E-state index contributed by atoms with van der Waals surface area (Å²) < 4.78 is 164. The average molecular weight is 998 g/mol. The summed E-state index contributed by atoms with van der Waals surface area (Å²) in [4.78, 5) is 16.8. The molecule has 0 bridgehead atoms. The second-order valence-electron chi connectivity index (χ2n) is 13.1. The number of phenolic OH excluding ortho intramolecular Hbond substituents is 1. The summed E-state index contributed by atoms with van der Waals surface area (Å²) in [5.41, 5.74) is -1.39. The highest BCUT2D eigenvalue weighted by Gasteiger charge is 2.30. The van der Waals surface area contributed by atoms with Crippen molar-refractivity contribution in [3.05, 3.63) is 117 Å². The van der Waals surface area contributed by atoms with Gasteiger partial charge < -0.3 is 35.1 Å². The van der Waals surface area contributed by atoms with E-state index in [1.165, 1.54) is 0 Å². The molecule has 32 heteroatoms. The molecule has 0 atom stereocenters. The van der Waals surface area contributed by atoms with Crippen molar-refractivity contribution in [2.45, 2.75) is 19.6 Å². The smallest absolute Gasteiger partial charge is 0.296 e. The number of nitrogen functional groups attached to an aromatic ring is 1. The summed E-state index contributed by atoms with van der Waals surface area (Å²) in [7, 11) is -21.0. The Balaban J connectivity index is 1.54. The number of benzene rings is 6. The van der Waals surface area contributed by atoms with Gasteiger partial charge in [-0.25, -0.2) is 8.78 Å². The molecule has 0 aliphatic heterocycles. The topological polar surface area (TPSA) is 430 Å². The third-order valence-electron chi connectivity index (χ3n) is 8.74. The summed E-state index contributed by atoms with van der Waals surface area (Å²) in [5.74, 6) is -3.24. The molecule has 346 valence electrons. The van der Waals surface area contributed by atoms with Crippen molar-refractivity contribution in [3.8, 4) is 5.75 Å². The van der Waals surface area contributed by atoms with Gasteiger partial charge >= 0.3 is 0 Å². The van der Waals surface area contributed by atoms with Crippen molar-refractivity contribution in [1.29, 1.82) is 0 Å². The van der Waals surface area contributed by atoms with Gasteiger partial charge in [-0.15, -0.1) is 20.5 Å². The number of nitrogens with one attached hydrogen (secondary N) is 2. The van der Waals surface area contributed by atoms with E-state index in [0.717, 1.165) is 48.5 Å². The van der Waals surface area contributed by atoms with E-state index in [9.17, 15) is 86.7 Å². The maximum Gasteiger partial charge on any atom is 0.296 e. The minimum atomic E-state index is -5.53. The normalized spacial score (nSPS) is 12.8. The molecule has 0 fully saturated rings. The Morgan fingerprint density at radius 1 is 0.545 bits per heavy atom. The standard InChI is InChI=1S/C34H25F2N9O17S4/c35-16-1-5-24(44(47)48)20(11-16)38-18-3-7-26(63(51,52)53)22(13-18)40-42-32-28(65(57,58)59)9-15-10-29(66(60,61)62)33(34(46)30(15)31(32)37)43-41-23-14-19(4-8-27(23)64(54,55)56)39-21-12-17(36)2-6-25(21)45(49)50/h1-14,38-39,46,57-59H,37H2,(H,51,52,53)(H,54,55,56)(H,60,61,62). The van der Waals surface area contributed by atoms with Crippen LogP contribution in [0.2, 0.25) is 0 Å². The first-order chi connectivity index (χ1) is 30.5. The summed E-state index contributed by atoms with van der Waals surface area (Å²) in [5, 5.41) is 52.6. The van der Waals surface area contributed by atoms with Gasteiger partial charge in [-0.2, -0.15) is 25.3 Å². The molecule has 0 amide bonds. The van der Waals surface area contributed by atoms with Crippen LogP contribution in [0.1, 0.15) is 0 Å². The number of nitrogens with two attached hydrogens (primary N) is 1. The highest BCUT2D eigenvalue weighted by Crippen LogP contribution is 2.56. The Morgan fingerprint density at radius 3 is 1.35 bits per heavy atom.